The maximum absolute atomic E-state index is 13.5. The number of hydrogen-bond donors (Lipinski definition) is 1. The summed E-state index contributed by atoms with van der Waals surface area (Å²) in [6.45, 7) is 1.25. The Kier molecular flexibility index (Phi) is 9.30. The van der Waals surface area contributed by atoms with Crippen LogP contribution in [0.25, 0.3) is 0 Å². The average Bonchev–Trinajstić information content (AvgIpc) is 2.64. The second-order valence-corrected chi connectivity index (χ2v) is 11.9. The van der Waals surface area contributed by atoms with Crippen molar-refractivity contribution in [1.82, 2.24) is 0 Å². The van der Waals surface area contributed by atoms with Gasteiger partial charge in [-0.25, -0.2) is 9.59 Å². The molecule has 1 unspecified atom stereocenters. The molecular formula is C17H10F2I4O7S. The highest BCUT2D eigenvalue weighted by molar-refractivity contribution is 14.1. The molecular weight excluding hydrogens is 894 g/mol. The molecule has 1 N–H and O–H groups in total. The third kappa shape index (κ3) is 6.35. The molecule has 2 rings (SSSR count). The summed E-state index contributed by atoms with van der Waals surface area (Å²) in [6, 6.07) is 8.20. The minimum atomic E-state index is -6.00. The molecule has 0 heterocycles. The molecule has 14 heteroatoms. The third-order valence-electron chi connectivity index (χ3n) is 3.69. The van der Waals surface area contributed by atoms with Crippen molar-refractivity contribution in [1.29, 1.82) is 0 Å². The normalized spacial score (nSPS) is 12.9. The zero-order valence-corrected chi connectivity index (χ0v) is 24.5. The van der Waals surface area contributed by atoms with Gasteiger partial charge in [0.25, 0.3) is 0 Å². The number of hydrogen-bond acceptors (Lipinski definition) is 6. The lowest BCUT2D eigenvalue weighted by Crippen LogP contribution is -2.39. The SMILES string of the molecule is CC(OC(=O)C(F)(F)S(=O)(=O)O)c1c(I)cc(I)c(OC(=O)c2ccc(I)cc2)c1I. The summed E-state index contributed by atoms with van der Waals surface area (Å²) in [5, 5.41) is -5.12. The van der Waals surface area contributed by atoms with Gasteiger partial charge in [0.2, 0.25) is 0 Å². The Morgan fingerprint density at radius 3 is 2.13 bits per heavy atom. The smallest absolute Gasteiger partial charge is 0.452 e. The Balaban J connectivity index is 2.38. The lowest BCUT2D eigenvalue weighted by atomic mass is 10.1. The molecule has 2 aromatic carbocycles. The lowest BCUT2D eigenvalue weighted by Gasteiger charge is -2.21. The molecule has 0 aliphatic rings. The summed E-state index contributed by atoms with van der Waals surface area (Å²) in [4.78, 5) is 24.2. The third-order valence-corrected chi connectivity index (χ3v) is 7.99. The summed E-state index contributed by atoms with van der Waals surface area (Å²) >= 11 is 7.71. The van der Waals surface area contributed by atoms with Crippen molar-refractivity contribution in [3.63, 3.8) is 0 Å². The van der Waals surface area contributed by atoms with E-state index in [0.29, 0.717) is 16.3 Å². The molecule has 7 nitrogen and oxygen atoms in total. The fourth-order valence-electron chi connectivity index (χ4n) is 2.18. The number of halogens is 6. The summed E-state index contributed by atoms with van der Waals surface area (Å²) in [5.74, 6) is -2.95. The van der Waals surface area contributed by atoms with Gasteiger partial charge in [0.1, 0.15) is 6.10 Å². The minimum Gasteiger partial charge on any atom is -0.452 e. The van der Waals surface area contributed by atoms with Gasteiger partial charge in [-0.2, -0.15) is 17.2 Å². The van der Waals surface area contributed by atoms with Crippen LogP contribution in [0.1, 0.15) is 28.9 Å². The molecule has 168 valence electrons. The minimum absolute atomic E-state index is 0.129. The van der Waals surface area contributed by atoms with Crippen molar-refractivity contribution >= 4 is 112 Å². The van der Waals surface area contributed by atoms with Crippen LogP contribution in [-0.2, 0) is 19.6 Å². The van der Waals surface area contributed by atoms with Crippen LogP contribution in [0.15, 0.2) is 30.3 Å². The monoisotopic (exact) mass is 904 g/mol. The number of benzene rings is 2. The Bertz CT molecular complexity index is 1140. The second-order valence-electron chi connectivity index (χ2n) is 5.83. The maximum Gasteiger partial charge on any atom is 0.465 e. The molecule has 0 spiro atoms. The van der Waals surface area contributed by atoms with Gasteiger partial charge in [-0.05, 0) is 128 Å². The molecule has 0 radical (unpaired) electrons. The molecule has 2 aromatic rings. The molecule has 31 heavy (non-hydrogen) atoms. The fraction of sp³-hybridized carbons (Fsp3) is 0.176. The zero-order valence-electron chi connectivity index (χ0n) is 15.0. The summed E-state index contributed by atoms with van der Waals surface area (Å²) in [5.41, 5.74) is 0.519. The topological polar surface area (TPSA) is 107 Å². The van der Waals surface area contributed by atoms with Crippen molar-refractivity contribution in [2.24, 2.45) is 0 Å². The van der Waals surface area contributed by atoms with E-state index in [1.807, 2.05) is 67.8 Å². The molecule has 0 aliphatic heterocycles. The van der Waals surface area contributed by atoms with E-state index in [1.54, 1.807) is 30.3 Å². The van der Waals surface area contributed by atoms with Gasteiger partial charge in [0, 0.05) is 12.7 Å². The van der Waals surface area contributed by atoms with E-state index in [2.05, 4.69) is 27.3 Å². The van der Waals surface area contributed by atoms with E-state index >= 15 is 0 Å². The van der Waals surface area contributed by atoms with Crippen molar-refractivity contribution in [3.05, 3.63) is 55.7 Å². The zero-order chi connectivity index (χ0) is 23.7. The molecule has 0 saturated heterocycles. The highest BCUT2D eigenvalue weighted by Gasteiger charge is 2.54. The van der Waals surface area contributed by atoms with Crippen molar-refractivity contribution in [2.45, 2.75) is 18.3 Å². The van der Waals surface area contributed by atoms with Crippen LogP contribution in [0.3, 0.4) is 0 Å². The van der Waals surface area contributed by atoms with E-state index in [-0.39, 0.29) is 11.3 Å². The molecule has 0 bridgehead atoms. The first-order valence-electron chi connectivity index (χ1n) is 7.87. The number of carbonyl (C=O) groups excluding carboxylic acids is 2. The number of carbonyl (C=O) groups is 2. The van der Waals surface area contributed by atoms with E-state index < -0.39 is 33.4 Å². The predicted molar refractivity (Wildman–Crippen MR) is 140 cm³/mol. The highest BCUT2D eigenvalue weighted by Crippen LogP contribution is 2.39. The summed E-state index contributed by atoms with van der Waals surface area (Å²) in [6.07, 6.45) is -1.34. The number of rotatable bonds is 6. The van der Waals surface area contributed by atoms with Crippen molar-refractivity contribution < 1.29 is 40.8 Å². The van der Waals surface area contributed by atoms with Crippen LogP contribution in [0.2, 0.25) is 0 Å². The quantitative estimate of drug-likeness (QED) is 0.179. The Labute approximate surface area is 230 Å². The molecule has 0 aliphatic carbocycles. The maximum atomic E-state index is 13.5. The van der Waals surface area contributed by atoms with Crippen LogP contribution in [0.4, 0.5) is 8.78 Å². The summed E-state index contributed by atoms with van der Waals surface area (Å²) < 4.78 is 69.6. The Morgan fingerprint density at radius 2 is 1.61 bits per heavy atom. The highest BCUT2D eigenvalue weighted by atomic mass is 127. The largest absolute Gasteiger partial charge is 0.465 e. The summed E-state index contributed by atoms with van der Waals surface area (Å²) in [7, 11) is -6.00. The van der Waals surface area contributed by atoms with Crippen LogP contribution in [-0.4, -0.2) is 30.2 Å². The van der Waals surface area contributed by atoms with Gasteiger partial charge >= 0.3 is 27.3 Å². The van der Waals surface area contributed by atoms with Gasteiger partial charge in [0.05, 0.1) is 12.7 Å². The first-order chi connectivity index (χ1) is 14.2. The molecule has 0 aromatic heterocycles. The van der Waals surface area contributed by atoms with Crippen LogP contribution in [0, 0.1) is 14.3 Å². The number of alkyl halides is 2. The van der Waals surface area contributed by atoms with E-state index in [9.17, 15) is 26.8 Å². The van der Waals surface area contributed by atoms with Crippen molar-refractivity contribution in [2.75, 3.05) is 0 Å². The molecule has 0 amide bonds. The van der Waals surface area contributed by atoms with E-state index in [0.717, 1.165) is 3.57 Å². The van der Waals surface area contributed by atoms with Crippen LogP contribution < -0.4 is 4.74 Å². The molecule has 0 saturated carbocycles. The predicted octanol–water partition coefficient (Wildman–Crippen LogP) is 5.41. The Hall–Kier alpha value is 0.0700. The lowest BCUT2D eigenvalue weighted by molar-refractivity contribution is -0.166. The van der Waals surface area contributed by atoms with Gasteiger partial charge in [-0.1, -0.05) is 0 Å². The van der Waals surface area contributed by atoms with E-state index in [4.69, 9.17) is 9.29 Å². The van der Waals surface area contributed by atoms with Crippen LogP contribution >= 0.6 is 90.4 Å². The number of esters is 2. The fourth-order valence-corrected chi connectivity index (χ4v) is 7.27. The first kappa shape index (κ1) is 27.3. The van der Waals surface area contributed by atoms with Crippen LogP contribution in [0.5, 0.6) is 5.75 Å². The first-order valence-corrected chi connectivity index (χ1v) is 13.6. The second kappa shape index (κ2) is 10.6. The molecule has 1 atom stereocenters. The van der Waals surface area contributed by atoms with Crippen molar-refractivity contribution in [3.8, 4) is 5.75 Å². The van der Waals surface area contributed by atoms with Gasteiger partial charge < -0.3 is 9.47 Å². The van der Waals surface area contributed by atoms with Gasteiger partial charge in [0.15, 0.2) is 5.75 Å². The standard InChI is InChI=1S/C17H10F2I4O7S/c1-7(29-16(25)17(18,19)31(26,27)28)12-10(21)6-11(22)14(13(12)23)30-15(24)8-2-4-9(20)5-3-8/h2-7H,1H3,(H,26,27,28). The van der Waals surface area contributed by atoms with E-state index in [1.165, 1.54) is 6.92 Å². The van der Waals surface area contributed by atoms with Gasteiger partial charge in [-0.15, -0.1) is 0 Å². The molecule has 0 fully saturated rings. The average molecular weight is 904 g/mol. The Morgan fingerprint density at radius 1 is 1.06 bits per heavy atom. The van der Waals surface area contributed by atoms with Gasteiger partial charge in [-0.3, -0.25) is 4.55 Å². The number of ether oxygens (including phenoxy) is 2.